The van der Waals surface area contributed by atoms with Crippen LogP contribution in [0.4, 0.5) is 0 Å². The number of methoxy groups -OCH3 is 1. The molecule has 1 fully saturated rings. The quantitative estimate of drug-likeness (QED) is 0.270. The van der Waals surface area contributed by atoms with E-state index >= 15 is 0 Å². The number of benzene rings is 2. The van der Waals surface area contributed by atoms with Crippen molar-refractivity contribution in [1.29, 1.82) is 0 Å². The van der Waals surface area contributed by atoms with Crippen molar-refractivity contribution in [1.82, 2.24) is 10.2 Å². The first-order valence-electron chi connectivity index (χ1n) is 11.5. The Labute approximate surface area is 204 Å². The largest absolute Gasteiger partial charge is 0.467 e. The molecule has 0 bridgehead atoms. The zero-order chi connectivity index (χ0) is 25.8. The first kappa shape index (κ1) is 26.0. The minimum atomic E-state index is -1.07. The van der Waals surface area contributed by atoms with E-state index in [0.29, 0.717) is 6.42 Å². The van der Waals surface area contributed by atoms with E-state index in [-0.39, 0.29) is 13.0 Å². The first-order chi connectivity index (χ1) is 16.6. The number of likely N-dealkylation sites (tertiary alicyclic amines) is 1. The van der Waals surface area contributed by atoms with Gasteiger partial charge in [0.2, 0.25) is 11.8 Å². The summed E-state index contributed by atoms with van der Waals surface area (Å²) >= 11 is 0. The second-order valence-corrected chi connectivity index (χ2v) is 9.85. The van der Waals surface area contributed by atoms with Crippen LogP contribution in [0.2, 0.25) is 0 Å². The van der Waals surface area contributed by atoms with E-state index in [1.54, 1.807) is 0 Å². The number of nitrogens with one attached hydrogen (secondary N) is 1. The third-order valence-electron chi connectivity index (χ3n) is 6.37. The Hall–Kier alpha value is -3.62. The molecular weight excluding hydrogens is 448 g/mol. The van der Waals surface area contributed by atoms with Gasteiger partial charge in [0.15, 0.2) is 0 Å². The summed E-state index contributed by atoms with van der Waals surface area (Å²) in [5, 5.41) is 8.53. The van der Waals surface area contributed by atoms with Crippen molar-refractivity contribution in [2.45, 2.75) is 57.8 Å². The molecule has 0 radical (unpaired) electrons. The number of esters is 1. The highest BCUT2D eigenvalue weighted by Crippen LogP contribution is 2.27. The van der Waals surface area contributed by atoms with Gasteiger partial charge in [-0.1, -0.05) is 68.4 Å². The normalized spacial score (nSPS) is 19.5. The number of azide groups is 1. The summed E-state index contributed by atoms with van der Waals surface area (Å²) in [6.45, 7) is 5.73. The van der Waals surface area contributed by atoms with Crippen molar-refractivity contribution >= 4 is 28.6 Å². The highest BCUT2D eigenvalue weighted by Gasteiger charge is 2.45. The van der Waals surface area contributed by atoms with E-state index in [2.05, 4.69) is 15.3 Å². The van der Waals surface area contributed by atoms with Gasteiger partial charge in [0.25, 0.3) is 0 Å². The van der Waals surface area contributed by atoms with Crippen LogP contribution in [-0.4, -0.2) is 60.5 Å². The molecule has 10 nitrogen and oxygen atoms in total. The fourth-order valence-corrected chi connectivity index (χ4v) is 4.27. The van der Waals surface area contributed by atoms with Crippen molar-refractivity contribution in [3.8, 4) is 0 Å². The Kier molecular flexibility index (Phi) is 7.99. The smallest absolute Gasteiger partial charge is 0.328 e. The van der Waals surface area contributed by atoms with Crippen LogP contribution in [0.3, 0.4) is 0 Å². The summed E-state index contributed by atoms with van der Waals surface area (Å²) < 4.78 is 4.93. The van der Waals surface area contributed by atoms with Gasteiger partial charge in [0, 0.05) is 17.9 Å². The number of hydrogen-bond donors (Lipinski definition) is 2. The zero-order valence-corrected chi connectivity index (χ0v) is 20.5. The molecule has 1 heterocycles. The molecule has 0 saturated carbocycles. The number of fused-ring (bicyclic) bond motifs is 1. The molecule has 0 aromatic heterocycles. The van der Waals surface area contributed by atoms with Crippen molar-refractivity contribution in [2.75, 3.05) is 13.7 Å². The molecule has 186 valence electrons. The predicted molar refractivity (Wildman–Crippen MR) is 132 cm³/mol. The van der Waals surface area contributed by atoms with E-state index < -0.39 is 47.4 Å². The zero-order valence-electron chi connectivity index (χ0n) is 20.5. The van der Waals surface area contributed by atoms with Crippen LogP contribution in [0.1, 0.15) is 32.8 Å². The van der Waals surface area contributed by atoms with E-state index in [1.165, 1.54) is 12.0 Å². The van der Waals surface area contributed by atoms with E-state index in [4.69, 9.17) is 16.0 Å². The van der Waals surface area contributed by atoms with Crippen LogP contribution in [0.25, 0.3) is 21.2 Å². The number of carbonyl (C=O) groups is 3. The molecule has 1 aliphatic heterocycles. The lowest BCUT2D eigenvalue weighted by Gasteiger charge is -2.33. The minimum Gasteiger partial charge on any atom is -0.467 e. The lowest BCUT2D eigenvalue weighted by atomic mass is 9.86. The van der Waals surface area contributed by atoms with Gasteiger partial charge in [0.1, 0.15) is 12.1 Å². The summed E-state index contributed by atoms with van der Waals surface area (Å²) in [5.41, 5.74) is 15.5. The number of amides is 2. The van der Waals surface area contributed by atoms with E-state index in [0.717, 1.165) is 16.3 Å². The Balaban J connectivity index is 1.85. The van der Waals surface area contributed by atoms with Crippen molar-refractivity contribution in [3.63, 3.8) is 0 Å². The summed E-state index contributed by atoms with van der Waals surface area (Å²) in [5.74, 6) is -1.61. The molecule has 1 unspecified atom stereocenters. The average Bonchev–Trinajstić information content (AvgIpc) is 3.25. The van der Waals surface area contributed by atoms with Crippen LogP contribution in [-0.2, 0) is 25.5 Å². The van der Waals surface area contributed by atoms with Gasteiger partial charge in [-0.25, -0.2) is 4.79 Å². The molecule has 0 spiro atoms. The molecule has 4 atom stereocenters. The Bertz CT molecular complexity index is 1150. The molecule has 3 rings (SSSR count). The Morgan fingerprint density at radius 2 is 1.91 bits per heavy atom. The number of ether oxygens (including phenoxy) is 1. The third-order valence-corrected chi connectivity index (χ3v) is 6.37. The molecule has 3 N–H and O–H groups in total. The summed E-state index contributed by atoms with van der Waals surface area (Å²) in [6.07, 6.45) is 0.510. The number of rotatable bonds is 7. The molecule has 2 amide bonds. The lowest BCUT2D eigenvalue weighted by molar-refractivity contribution is -0.146. The highest BCUT2D eigenvalue weighted by molar-refractivity contribution is 5.93. The second kappa shape index (κ2) is 10.8. The molecule has 10 heteroatoms. The molecule has 2 aromatic rings. The SMILES string of the molecule is COC(=O)C(Cc1ccc2ccccc2c1)NC(=O)[C@@H]1[C@H](N=[N+]=[N-])CCN1C(=O)[C@@H](N)C(C)(C)C. The van der Waals surface area contributed by atoms with Gasteiger partial charge in [-0.05, 0) is 33.7 Å². The first-order valence-corrected chi connectivity index (χ1v) is 11.5. The van der Waals surface area contributed by atoms with E-state index in [9.17, 15) is 14.4 Å². The maximum Gasteiger partial charge on any atom is 0.328 e. The Morgan fingerprint density at radius 1 is 1.23 bits per heavy atom. The minimum absolute atomic E-state index is 0.192. The number of hydrogen-bond acceptors (Lipinski definition) is 6. The standard InChI is InChI=1S/C25H32N6O4/c1-25(2,3)21(26)23(33)31-12-11-18(29-30-27)20(31)22(32)28-19(24(34)35-4)14-15-9-10-16-7-5-6-8-17(16)13-15/h5-10,13,18-21H,11-12,14,26H2,1-4H3,(H,28,32)/t18-,19?,20+,21-/m1/s1. The molecule has 1 aliphatic rings. The molecular formula is C25H32N6O4. The second-order valence-electron chi connectivity index (χ2n) is 9.85. The topological polar surface area (TPSA) is 150 Å². The van der Waals surface area contributed by atoms with Gasteiger partial charge in [0.05, 0.1) is 19.2 Å². The highest BCUT2D eigenvalue weighted by atomic mass is 16.5. The summed E-state index contributed by atoms with van der Waals surface area (Å²) in [7, 11) is 1.25. The fourth-order valence-electron chi connectivity index (χ4n) is 4.27. The monoisotopic (exact) mass is 480 g/mol. The van der Waals surface area contributed by atoms with Gasteiger partial charge in [-0.15, -0.1) is 0 Å². The Morgan fingerprint density at radius 3 is 2.54 bits per heavy atom. The molecule has 2 aromatic carbocycles. The van der Waals surface area contributed by atoms with Gasteiger partial charge in [-0.3, -0.25) is 9.59 Å². The third kappa shape index (κ3) is 5.90. The fraction of sp³-hybridized carbons (Fsp3) is 0.480. The molecule has 0 aliphatic carbocycles. The number of nitrogens with zero attached hydrogens (tertiary/aromatic N) is 4. The van der Waals surface area contributed by atoms with Gasteiger partial charge >= 0.3 is 5.97 Å². The van der Waals surface area contributed by atoms with Crippen LogP contribution in [0.15, 0.2) is 47.6 Å². The van der Waals surface area contributed by atoms with Crippen molar-refractivity contribution in [2.24, 2.45) is 16.3 Å². The lowest BCUT2D eigenvalue weighted by Crippen LogP contribution is -2.58. The van der Waals surface area contributed by atoms with E-state index in [1.807, 2.05) is 63.2 Å². The van der Waals surface area contributed by atoms with Crippen LogP contribution in [0, 0.1) is 5.41 Å². The summed E-state index contributed by atoms with van der Waals surface area (Å²) in [6, 6.07) is 9.93. The van der Waals surface area contributed by atoms with Crippen LogP contribution >= 0.6 is 0 Å². The van der Waals surface area contributed by atoms with Gasteiger partial charge < -0.3 is 20.7 Å². The summed E-state index contributed by atoms with van der Waals surface area (Å²) in [4.78, 5) is 43.3. The van der Waals surface area contributed by atoms with Gasteiger partial charge in [-0.2, -0.15) is 0 Å². The average molecular weight is 481 g/mol. The van der Waals surface area contributed by atoms with Crippen molar-refractivity contribution in [3.05, 3.63) is 58.5 Å². The van der Waals surface area contributed by atoms with Crippen molar-refractivity contribution < 1.29 is 19.1 Å². The molecule has 35 heavy (non-hydrogen) atoms. The predicted octanol–water partition coefficient (Wildman–Crippen LogP) is 2.69. The maximum absolute atomic E-state index is 13.4. The van der Waals surface area contributed by atoms with Crippen LogP contribution in [0.5, 0.6) is 0 Å². The number of nitrogens with two attached hydrogens (primary N) is 1. The maximum atomic E-state index is 13.4. The molecule has 1 saturated heterocycles. The number of carbonyl (C=O) groups excluding carboxylic acids is 3. The van der Waals surface area contributed by atoms with Crippen LogP contribution < -0.4 is 11.1 Å².